The highest BCUT2D eigenvalue weighted by Crippen LogP contribution is 2.46. The van der Waals surface area contributed by atoms with Crippen molar-refractivity contribution in [3.63, 3.8) is 0 Å². The highest BCUT2D eigenvalue weighted by atomic mass is 35.5. The van der Waals surface area contributed by atoms with E-state index in [1.807, 2.05) is 20.8 Å². The van der Waals surface area contributed by atoms with E-state index >= 15 is 0 Å². The van der Waals surface area contributed by atoms with Gasteiger partial charge in [-0.15, -0.1) is 17.9 Å². The Morgan fingerprint density at radius 2 is 1.84 bits per heavy atom. The molecule has 2 aromatic heterocycles. The van der Waals surface area contributed by atoms with Crippen LogP contribution in [0.25, 0.3) is 22.0 Å². The summed E-state index contributed by atoms with van der Waals surface area (Å²) in [6.45, 7) is 9.34. The van der Waals surface area contributed by atoms with Crippen LogP contribution >= 0.6 is 22.9 Å². The van der Waals surface area contributed by atoms with Crippen LogP contribution in [0.2, 0.25) is 5.02 Å². The summed E-state index contributed by atoms with van der Waals surface area (Å²) in [5, 5.41) is 9.23. The summed E-state index contributed by atoms with van der Waals surface area (Å²) in [6.07, 6.45) is 3.29. The molecule has 0 bridgehead atoms. The van der Waals surface area contributed by atoms with E-state index in [0.717, 1.165) is 0 Å². The number of benzene rings is 2. The van der Waals surface area contributed by atoms with Crippen LogP contribution in [0.4, 0.5) is 9.52 Å². The first-order valence-electron chi connectivity index (χ1n) is 18.6. The molecule has 1 aliphatic heterocycles. The Bertz CT molecular complexity index is 2400. The number of fused-ring (bicyclic) bond motifs is 1. The maximum Gasteiger partial charge on any atom is 0.259 e. The topological polar surface area (TPSA) is 178 Å². The molecule has 18 heteroatoms. The van der Waals surface area contributed by atoms with Gasteiger partial charge in [-0.25, -0.2) is 22.8 Å². The van der Waals surface area contributed by atoms with E-state index in [2.05, 4.69) is 31.9 Å². The van der Waals surface area contributed by atoms with Crippen molar-refractivity contribution >= 4 is 66.6 Å². The quantitative estimate of drug-likeness (QED) is 0.132. The van der Waals surface area contributed by atoms with Crippen molar-refractivity contribution < 1.29 is 41.4 Å². The SMILES string of the molecule is C=C[C@@H]1C[C@]1(NC(=O)[C@@H]1C[C@@H](Oc2ncc(OC)c3ccc(Cl)cc23)CN1C(=O)[C@@H](Nc1nc(-c2ccc(OC)c(F)c2)cs1)C(C)(C)C)C(=O)NS(=O)(=O)C1CC1. The third-order valence-electron chi connectivity index (χ3n) is 10.7. The predicted molar refractivity (Wildman–Crippen MR) is 218 cm³/mol. The fourth-order valence-corrected chi connectivity index (χ4v) is 9.49. The van der Waals surface area contributed by atoms with E-state index in [4.69, 9.17) is 25.8 Å². The lowest BCUT2D eigenvalue weighted by Crippen LogP contribution is -2.58. The highest BCUT2D eigenvalue weighted by molar-refractivity contribution is 7.91. The van der Waals surface area contributed by atoms with Crippen LogP contribution in [0, 0.1) is 17.2 Å². The number of aromatic nitrogens is 2. The number of hydrogen-bond acceptors (Lipinski definition) is 12. The van der Waals surface area contributed by atoms with Crippen LogP contribution in [0.3, 0.4) is 0 Å². The summed E-state index contributed by atoms with van der Waals surface area (Å²) >= 11 is 7.60. The number of methoxy groups -OCH3 is 2. The lowest BCUT2D eigenvalue weighted by molar-refractivity contribution is -0.141. The second-order valence-electron chi connectivity index (χ2n) is 15.8. The number of nitrogens with zero attached hydrogens (tertiary/aromatic N) is 3. The van der Waals surface area contributed by atoms with Crippen LogP contribution in [-0.4, -0.2) is 90.7 Å². The lowest BCUT2D eigenvalue weighted by Gasteiger charge is -2.35. The molecule has 0 spiro atoms. The van der Waals surface area contributed by atoms with Gasteiger partial charge in [-0.2, -0.15) is 0 Å². The number of anilines is 1. The average Bonchev–Trinajstić information content (AvgIpc) is 4.07. The summed E-state index contributed by atoms with van der Waals surface area (Å²) in [5.74, 6) is -2.24. The van der Waals surface area contributed by atoms with E-state index in [1.54, 1.807) is 29.6 Å². The van der Waals surface area contributed by atoms with Gasteiger partial charge in [0.25, 0.3) is 5.91 Å². The number of thiazole rings is 1. The van der Waals surface area contributed by atoms with E-state index < -0.39 is 73.9 Å². The zero-order valence-corrected chi connectivity index (χ0v) is 34.9. The van der Waals surface area contributed by atoms with Crippen LogP contribution < -0.4 is 29.6 Å². The molecule has 308 valence electrons. The van der Waals surface area contributed by atoms with Crippen molar-refractivity contribution in [3.05, 3.63) is 71.5 Å². The standard InChI is InChI=1S/C40H44ClFN6O8S2/c1-7-22-17-40(22,37(51)47-58(52,53)25-10-11-25)46-34(49)30-16-24(56-35-27-15-23(41)9-12-26(27)32(55-6)18-43-35)19-48(30)36(50)33(39(2,3)4)45-38-44-29(20-57-38)21-8-13-31(54-5)28(42)14-21/h7-9,12-15,18,20,22,24-25,30,33H,1,10-11,16-17,19H2,2-6H3,(H,44,45)(H,46,49)(H,47,51)/t22-,24-,30+,33-,40-/m1/s1. The van der Waals surface area contributed by atoms with Crippen molar-refractivity contribution in [3.8, 4) is 28.6 Å². The average molecular weight is 855 g/mol. The van der Waals surface area contributed by atoms with E-state index in [-0.39, 0.29) is 31.0 Å². The molecule has 0 unspecified atom stereocenters. The molecule has 1 saturated heterocycles. The zero-order valence-electron chi connectivity index (χ0n) is 32.5. The van der Waals surface area contributed by atoms with Crippen LogP contribution in [-0.2, 0) is 24.4 Å². The second kappa shape index (κ2) is 15.6. The van der Waals surface area contributed by atoms with Gasteiger partial charge in [-0.1, -0.05) is 38.4 Å². The predicted octanol–water partition coefficient (Wildman–Crippen LogP) is 5.71. The van der Waals surface area contributed by atoms with Gasteiger partial charge in [0.2, 0.25) is 27.7 Å². The molecular formula is C40H44ClFN6O8S2. The summed E-state index contributed by atoms with van der Waals surface area (Å²) in [4.78, 5) is 53.4. The molecule has 3 N–H and O–H groups in total. The Balaban J connectivity index is 1.19. The fraction of sp³-hybridized carbons (Fsp3) is 0.425. The number of pyridine rings is 1. The third-order valence-corrected chi connectivity index (χ3v) is 13.5. The third kappa shape index (κ3) is 8.16. The number of nitrogens with one attached hydrogen (secondary N) is 3. The number of carbonyl (C=O) groups is 3. The smallest absolute Gasteiger partial charge is 0.259 e. The molecular weight excluding hydrogens is 811 g/mol. The Morgan fingerprint density at radius 3 is 2.48 bits per heavy atom. The largest absolute Gasteiger partial charge is 0.494 e. The minimum atomic E-state index is -3.92. The molecule has 2 aliphatic carbocycles. The van der Waals surface area contributed by atoms with E-state index in [0.29, 0.717) is 50.8 Å². The van der Waals surface area contributed by atoms with Gasteiger partial charge < -0.3 is 29.7 Å². The number of rotatable bonds is 14. The maximum absolute atomic E-state index is 14.9. The van der Waals surface area contributed by atoms with Crippen molar-refractivity contribution in [1.29, 1.82) is 0 Å². The molecule has 0 radical (unpaired) electrons. The molecule has 3 aliphatic rings. The molecule has 14 nitrogen and oxygen atoms in total. The number of carbonyl (C=O) groups excluding carboxylic acids is 3. The van der Waals surface area contributed by atoms with E-state index in [1.165, 1.54) is 54.9 Å². The number of halogens is 2. The first-order chi connectivity index (χ1) is 27.5. The minimum absolute atomic E-state index is 0.00542. The minimum Gasteiger partial charge on any atom is -0.494 e. The van der Waals surface area contributed by atoms with E-state index in [9.17, 15) is 27.2 Å². The number of ether oxygens (including phenoxy) is 3. The van der Waals surface area contributed by atoms with Gasteiger partial charge in [-0.05, 0) is 61.1 Å². The Morgan fingerprint density at radius 1 is 1.10 bits per heavy atom. The highest BCUT2D eigenvalue weighted by Gasteiger charge is 2.62. The van der Waals surface area contributed by atoms with Crippen LogP contribution in [0.5, 0.6) is 17.4 Å². The van der Waals surface area contributed by atoms with Gasteiger partial charge in [0, 0.05) is 39.1 Å². The first-order valence-corrected chi connectivity index (χ1v) is 21.4. The van der Waals surface area contributed by atoms with Gasteiger partial charge in [0.15, 0.2) is 16.7 Å². The first kappa shape index (κ1) is 41.2. The Hall–Kier alpha value is -5.00. The van der Waals surface area contributed by atoms with Gasteiger partial charge in [0.05, 0.1) is 37.9 Å². The van der Waals surface area contributed by atoms with Crippen LogP contribution in [0.15, 0.2) is 60.6 Å². The monoisotopic (exact) mass is 854 g/mol. The fourth-order valence-electron chi connectivity index (χ4n) is 7.21. The number of amides is 3. The summed E-state index contributed by atoms with van der Waals surface area (Å²) in [6, 6.07) is 7.60. The number of hydrogen-bond donors (Lipinski definition) is 3. The van der Waals surface area contributed by atoms with Gasteiger partial charge in [-0.3, -0.25) is 19.1 Å². The second-order valence-corrected chi connectivity index (χ2v) is 19.1. The van der Waals surface area contributed by atoms with Crippen molar-refractivity contribution in [2.75, 3.05) is 26.1 Å². The van der Waals surface area contributed by atoms with Gasteiger partial charge in [0.1, 0.15) is 29.5 Å². The molecule has 5 atom stereocenters. The normalized spacial score (nSPS) is 22.2. The number of likely N-dealkylation sites (tertiary alicyclic amines) is 1. The van der Waals surface area contributed by atoms with Crippen molar-refractivity contribution in [1.82, 2.24) is 24.9 Å². The molecule has 3 heterocycles. The molecule has 4 aromatic rings. The molecule has 2 saturated carbocycles. The molecule has 3 fully saturated rings. The Kier molecular flexibility index (Phi) is 11.1. The zero-order chi connectivity index (χ0) is 41.7. The van der Waals surface area contributed by atoms with Gasteiger partial charge >= 0.3 is 0 Å². The lowest BCUT2D eigenvalue weighted by atomic mass is 9.85. The summed E-state index contributed by atoms with van der Waals surface area (Å²) in [5.41, 5.74) is -1.31. The molecule has 2 aromatic carbocycles. The summed E-state index contributed by atoms with van der Waals surface area (Å²) in [7, 11) is -1.02. The Labute approximate surface area is 344 Å². The number of sulfonamides is 1. The molecule has 7 rings (SSSR count). The van der Waals surface area contributed by atoms with Crippen molar-refractivity contribution in [2.45, 2.75) is 75.4 Å². The maximum atomic E-state index is 14.9. The van der Waals surface area contributed by atoms with Crippen LogP contribution in [0.1, 0.15) is 46.5 Å². The molecule has 3 amide bonds. The molecule has 58 heavy (non-hydrogen) atoms. The summed E-state index contributed by atoms with van der Waals surface area (Å²) < 4.78 is 59.3. The van der Waals surface area contributed by atoms with Crippen molar-refractivity contribution in [2.24, 2.45) is 11.3 Å².